The molecule has 1 aliphatic carbocycles. The first kappa shape index (κ1) is 11.2. The number of hydrogen-bond acceptors (Lipinski definition) is 2. The van der Waals surface area contributed by atoms with E-state index in [0.717, 1.165) is 13.1 Å². The van der Waals surface area contributed by atoms with Crippen LogP contribution in [-0.4, -0.2) is 53.8 Å². The van der Waals surface area contributed by atoms with Crippen molar-refractivity contribution in [1.82, 2.24) is 9.80 Å². The van der Waals surface area contributed by atoms with Crippen LogP contribution in [0.2, 0.25) is 0 Å². The molecular weight excluding hydrogens is 212 g/mol. The van der Waals surface area contributed by atoms with E-state index in [1.165, 1.54) is 25.7 Å². The first-order chi connectivity index (χ1) is 7.22. The fourth-order valence-corrected chi connectivity index (χ4v) is 2.51. The normalized spacial score (nSPS) is 26.9. The SMILES string of the molecule is CN1CCC[C@@H]1CN(C(=O)CCl)C1CC1. The highest BCUT2D eigenvalue weighted by atomic mass is 35.5. The number of carbonyl (C=O) groups is 1. The van der Waals surface area contributed by atoms with Crippen LogP contribution in [0, 0.1) is 0 Å². The van der Waals surface area contributed by atoms with Crippen molar-refractivity contribution < 1.29 is 4.79 Å². The largest absolute Gasteiger partial charge is 0.337 e. The summed E-state index contributed by atoms with van der Waals surface area (Å²) in [4.78, 5) is 16.0. The molecule has 2 aliphatic rings. The fraction of sp³-hybridized carbons (Fsp3) is 0.909. The lowest BCUT2D eigenvalue weighted by Crippen LogP contribution is -2.43. The van der Waals surface area contributed by atoms with E-state index in [9.17, 15) is 4.79 Å². The van der Waals surface area contributed by atoms with Crippen molar-refractivity contribution in [2.75, 3.05) is 26.0 Å². The van der Waals surface area contributed by atoms with Gasteiger partial charge in [-0.1, -0.05) is 0 Å². The summed E-state index contributed by atoms with van der Waals surface area (Å²) in [6.07, 6.45) is 4.81. The summed E-state index contributed by atoms with van der Waals surface area (Å²) in [7, 11) is 2.15. The Hall–Kier alpha value is -0.280. The molecule has 1 heterocycles. The quantitative estimate of drug-likeness (QED) is 0.680. The number of amides is 1. The highest BCUT2D eigenvalue weighted by molar-refractivity contribution is 6.27. The molecule has 1 amide bonds. The van der Waals surface area contributed by atoms with E-state index in [0.29, 0.717) is 12.1 Å². The van der Waals surface area contributed by atoms with Crippen molar-refractivity contribution in [1.29, 1.82) is 0 Å². The topological polar surface area (TPSA) is 23.6 Å². The Balaban J connectivity index is 1.91. The molecule has 2 rings (SSSR count). The minimum Gasteiger partial charge on any atom is -0.337 e. The zero-order valence-electron chi connectivity index (χ0n) is 9.29. The van der Waals surface area contributed by atoms with Crippen molar-refractivity contribution in [3.8, 4) is 0 Å². The van der Waals surface area contributed by atoms with Gasteiger partial charge in [0.25, 0.3) is 0 Å². The number of carbonyl (C=O) groups excluding carboxylic acids is 1. The van der Waals surface area contributed by atoms with Crippen LogP contribution in [-0.2, 0) is 4.79 Å². The van der Waals surface area contributed by atoms with Gasteiger partial charge in [0.1, 0.15) is 5.88 Å². The number of nitrogens with zero attached hydrogens (tertiary/aromatic N) is 2. The van der Waals surface area contributed by atoms with Crippen LogP contribution in [0.3, 0.4) is 0 Å². The van der Waals surface area contributed by atoms with Crippen LogP contribution < -0.4 is 0 Å². The minimum atomic E-state index is 0.111. The molecule has 1 atom stereocenters. The standard InChI is InChI=1S/C11H19ClN2O/c1-13-6-2-3-10(13)8-14(9-4-5-9)11(15)7-12/h9-10H,2-8H2,1H3/t10-/m1/s1. The van der Waals surface area contributed by atoms with Gasteiger partial charge in [-0.05, 0) is 39.3 Å². The molecule has 4 heteroatoms. The third kappa shape index (κ3) is 2.64. The highest BCUT2D eigenvalue weighted by Gasteiger charge is 2.35. The molecule has 1 saturated heterocycles. The number of likely N-dealkylation sites (tertiary alicyclic amines) is 1. The zero-order valence-corrected chi connectivity index (χ0v) is 10.0. The summed E-state index contributed by atoms with van der Waals surface area (Å²) in [5, 5.41) is 0. The molecule has 1 saturated carbocycles. The lowest BCUT2D eigenvalue weighted by Gasteiger charge is -2.28. The van der Waals surface area contributed by atoms with E-state index in [1.54, 1.807) is 0 Å². The summed E-state index contributed by atoms with van der Waals surface area (Å²) in [6, 6.07) is 1.04. The number of alkyl halides is 1. The second kappa shape index (κ2) is 4.71. The maximum absolute atomic E-state index is 11.7. The van der Waals surface area contributed by atoms with Gasteiger partial charge in [-0.15, -0.1) is 11.6 Å². The minimum absolute atomic E-state index is 0.111. The molecule has 0 spiro atoms. The van der Waals surface area contributed by atoms with Crippen LogP contribution in [0.4, 0.5) is 0 Å². The second-order valence-electron chi connectivity index (χ2n) is 4.69. The molecule has 1 aliphatic heterocycles. The summed E-state index contributed by atoms with van der Waals surface area (Å²) in [5.74, 6) is 0.242. The maximum Gasteiger partial charge on any atom is 0.237 e. The molecular formula is C11H19ClN2O. The summed E-state index contributed by atoms with van der Waals surface area (Å²) < 4.78 is 0. The van der Waals surface area contributed by atoms with Gasteiger partial charge < -0.3 is 9.80 Å². The molecule has 15 heavy (non-hydrogen) atoms. The van der Waals surface area contributed by atoms with Gasteiger partial charge in [0.15, 0.2) is 0 Å². The van der Waals surface area contributed by atoms with Crippen LogP contribution in [0.1, 0.15) is 25.7 Å². The van der Waals surface area contributed by atoms with Gasteiger partial charge in [-0.2, -0.15) is 0 Å². The molecule has 86 valence electrons. The lowest BCUT2D eigenvalue weighted by molar-refractivity contribution is -0.129. The molecule has 0 radical (unpaired) electrons. The zero-order chi connectivity index (χ0) is 10.8. The van der Waals surface area contributed by atoms with E-state index in [-0.39, 0.29) is 11.8 Å². The molecule has 0 aromatic rings. The Morgan fingerprint density at radius 3 is 2.67 bits per heavy atom. The smallest absolute Gasteiger partial charge is 0.237 e. The van der Waals surface area contributed by atoms with Gasteiger partial charge in [0.05, 0.1) is 0 Å². The van der Waals surface area contributed by atoms with Crippen molar-refractivity contribution >= 4 is 17.5 Å². The Bertz CT molecular complexity index is 243. The molecule has 3 nitrogen and oxygen atoms in total. The predicted octanol–water partition coefficient (Wildman–Crippen LogP) is 1.31. The Morgan fingerprint density at radius 1 is 1.47 bits per heavy atom. The van der Waals surface area contributed by atoms with Crippen molar-refractivity contribution in [3.63, 3.8) is 0 Å². The Morgan fingerprint density at radius 2 is 2.20 bits per heavy atom. The van der Waals surface area contributed by atoms with Crippen LogP contribution in [0.5, 0.6) is 0 Å². The Labute approximate surface area is 96.4 Å². The highest BCUT2D eigenvalue weighted by Crippen LogP contribution is 2.29. The number of rotatable bonds is 4. The summed E-state index contributed by atoms with van der Waals surface area (Å²) in [5.41, 5.74) is 0. The van der Waals surface area contributed by atoms with E-state index in [4.69, 9.17) is 11.6 Å². The van der Waals surface area contributed by atoms with Crippen LogP contribution in [0.15, 0.2) is 0 Å². The van der Waals surface area contributed by atoms with Gasteiger partial charge in [0, 0.05) is 18.6 Å². The second-order valence-corrected chi connectivity index (χ2v) is 4.95. The number of hydrogen-bond donors (Lipinski definition) is 0. The first-order valence-corrected chi connectivity index (χ1v) is 6.31. The number of halogens is 1. The van der Waals surface area contributed by atoms with Crippen LogP contribution in [0.25, 0.3) is 0 Å². The number of likely N-dealkylation sites (N-methyl/N-ethyl adjacent to an activating group) is 1. The third-order valence-corrected chi connectivity index (χ3v) is 3.73. The molecule has 0 bridgehead atoms. The average molecular weight is 231 g/mol. The monoisotopic (exact) mass is 230 g/mol. The van der Waals surface area contributed by atoms with Crippen molar-refractivity contribution in [2.24, 2.45) is 0 Å². The third-order valence-electron chi connectivity index (χ3n) is 3.50. The van der Waals surface area contributed by atoms with E-state index >= 15 is 0 Å². The molecule has 0 aromatic carbocycles. The molecule has 0 N–H and O–H groups in total. The first-order valence-electron chi connectivity index (χ1n) is 5.78. The van der Waals surface area contributed by atoms with Gasteiger partial charge in [-0.25, -0.2) is 0 Å². The van der Waals surface area contributed by atoms with Crippen LogP contribution >= 0.6 is 11.6 Å². The predicted molar refractivity (Wildman–Crippen MR) is 61.1 cm³/mol. The molecule has 2 fully saturated rings. The average Bonchev–Trinajstić information content (AvgIpc) is 2.99. The van der Waals surface area contributed by atoms with Gasteiger partial charge in [0.2, 0.25) is 5.91 Å². The van der Waals surface area contributed by atoms with Crippen molar-refractivity contribution in [2.45, 2.75) is 37.8 Å². The van der Waals surface area contributed by atoms with Gasteiger partial charge >= 0.3 is 0 Å². The van der Waals surface area contributed by atoms with E-state index in [2.05, 4.69) is 11.9 Å². The van der Waals surface area contributed by atoms with Gasteiger partial charge in [-0.3, -0.25) is 4.79 Å². The van der Waals surface area contributed by atoms with Crippen molar-refractivity contribution in [3.05, 3.63) is 0 Å². The summed E-state index contributed by atoms with van der Waals surface area (Å²) >= 11 is 5.64. The molecule has 0 aromatic heterocycles. The van der Waals surface area contributed by atoms with E-state index < -0.39 is 0 Å². The lowest BCUT2D eigenvalue weighted by atomic mass is 10.2. The Kier molecular flexibility index (Phi) is 3.52. The fourth-order valence-electron chi connectivity index (χ4n) is 2.35. The van der Waals surface area contributed by atoms with E-state index in [1.807, 2.05) is 4.90 Å². The molecule has 0 unspecified atom stereocenters. The summed E-state index contributed by atoms with van der Waals surface area (Å²) in [6.45, 7) is 2.05. The maximum atomic E-state index is 11.7.